The molecule has 5 nitrogen and oxygen atoms in total. The maximum Gasteiger partial charge on any atom is 0.175 e. The SMILES string of the molecule is COc1cccc(CC(CBr)Cc2nnn(C)n2)c1. The molecule has 0 saturated heterocycles. The molecule has 1 heterocycles. The Bertz CT molecular complexity index is 529. The molecule has 0 saturated carbocycles. The highest BCUT2D eigenvalue weighted by Crippen LogP contribution is 2.19. The fraction of sp³-hybridized carbons (Fsp3) is 0.462. The van der Waals surface area contributed by atoms with E-state index in [4.69, 9.17) is 4.74 Å². The van der Waals surface area contributed by atoms with Crippen molar-refractivity contribution >= 4 is 15.9 Å². The van der Waals surface area contributed by atoms with Crippen molar-refractivity contribution in [2.75, 3.05) is 12.4 Å². The molecule has 1 aromatic carbocycles. The molecule has 0 spiro atoms. The summed E-state index contributed by atoms with van der Waals surface area (Å²) >= 11 is 3.56. The Hall–Kier alpha value is -1.43. The second kappa shape index (κ2) is 6.65. The molecule has 0 aliphatic rings. The maximum absolute atomic E-state index is 5.24. The summed E-state index contributed by atoms with van der Waals surface area (Å²) in [5, 5.41) is 13.0. The third kappa shape index (κ3) is 4.02. The van der Waals surface area contributed by atoms with E-state index in [1.807, 2.05) is 12.1 Å². The lowest BCUT2D eigenvalue weighted by Gasteiger charge is -2.12. The molecule has 6 heteroatoms. The maximum atomic E-state index is 5.24. The molecule has 2 rings (SSSR count). The van der Waals surface area contributed by atoms with Gasteiger partial charge in [-0.2, -0.15) is 4.80 Å². The van der Waals surface area contributed by atoms with Crippen LogP contribution in [0.4, 0.5) is 0 Å². The van der Waals surface area contributed by atoms with Crippen LogP contribution in [-0.4, -0.2) is 32.6 Å². The quantitative estimate of drug-likeness (QED) is 0.763. The summed E-state index contributed by atoms with van der Waals surface area (Å²) < 4.78 is 5.24. The lowest BCUT2D eigenvalue weighted by molar-refractivity contribution is 0.414. The smallest absolute Gasteiger partial charge is 0.175 e. The van der Waals surface area contributed by atoms with Gasteiger partial charge in [-0.25, -0.2) is 0 Å². The Labute approximate surface area is 121 Å². The summed E-state index contributed by atoms with van der Waals surface area (Å²) in [6.45, 7) is 0. The number of methoxy groups -OCH3 is 1. The van der Waals surface area contributed by atoms with Crippen LogP contribution in [0.2, 0.25) is 0 Å². The fourth-order valence-corrected chi connectivity index (χ4v) is 2.44. The molecule has 0 radical (unpaired) electrons. The Balaban J connectivity index is 2.01. The second-order valence-corrected chi connectivity index (χ2v) is 5.12. The number of rotatable bonds is 6. The van der Waals surface area contributed by atoms with Gasteiger partial charge in [-0.15, -0.1) is 10.2 Å². The highest BCUT2D eigenvalue weighted by molar-refractivity contribution is 9.09. The summed E-state index contributed by atoms with van der Waals surface area (Å²) in [5.41, 5.74) is 1.26. The summed E-state index contributed by atoms with van der Waals surface area (Å²) in [6, 6.07) is 8.15. The second-order valence-electron chi connectivity index (χ2n) is 4.48. The Kier molecular flexibility index (Phi) is 4.90. The van der Waals surface area contributed by atoms with Crippen LogP contribution in [0.5, 0.6) is 5.75 Å². The van der Waals surface area contributed by atoms with Gasteiger partial charge in [-0.3, -0.25) is 0 Å². The number of ether oxygens (including phenoxy) is 1. The van der Waals surface area contributed by atoms with E-state index in [0.29, 0.717) is 5.92 Å². The zero-order valence-corrected chi connectivity index (χ0v) is 12.7. The average molecular weight is 325 g/mol. The molecule has 0 aliphatic heterocycles. The van der Waals surface area contributed by atoms with Gasteiger partial charge in [0.1, 0.15) is 5.75 Å². The summed E-state index contributed by atoms with van der Waals surface area (Å²) in [5.74, 6) is 2.12. The summed E-state index contributed by atoms with van der Waals surface area (Å²) in [7, 11) is 3.46. The lowest BCUT2D eigenvalue weighted by Crippen LogP contribution is -2.11. The molecule has 1 unspecified atom stereocenters. The highest BCUT2D eigenvalue weighted by atomic mass is 79.9. The van der Waals surface area contributed by atoms with E-state index in [0.717, 1.165) is 29.7 Å². The fourth-order valence-electron chi connectivity index (χ4n) is 1.98. The molecule has 0 fully saturated rings. The molecular formula is C13H17BrN4O. The predicted octanol–water partition coefficient (Wildman–Crippen LogP) is 2.01. The van der Waals surface area contributed by atoms with Gasteiger partial charge in [-0.05, 0) is 35.2 Å². The van der Waals surface area contributed by atoms with Gasteiger partial charge in [0.25, 0.3) is 0 Å². The number of tetrazole rings is 1. The standard InChI is InChI=1S/C13H17BrN4O/c1-18-16-13(15-17-18)8-11(9-14)6-10-4-3-5-12(7-10)19-2/h3-5,7,11H,6,8-9H2,1-2H3. The van der Waals surface area contributed by atoms with E-state index in [-0.39, 0.29) is 0 Å². The van der Waals surface area contributed by atoms with Gasteiger partial charge in [0.05, 0.1) is 14.2 Å². The molecule has 19 heavy (non-hydrogen) atoms. The van der Waals surface area contributed by atoms with Crippen LogP contribution < -0.4 is 4.74 Å². The van der Waals surface area contributed by atoms with E-state index >= 15 is 0 Å². The van der Waals surface area contributed by atoms with E-state index in [9.17, 15) is 0 Å². The molecule has 0 aliphatic carbocycles. The molecule has 1 aromatic heterocycles. The first-order valence-electron chi connectivity index (χ1n) is 6.13. The van der Waals surface area contributed by atoms with Gasteiger partial charge in [-0.1, -0.05) is 28.1 Å². The first-order valence-corrected chi connectivity index (χ1v) is 7.25. The van der Waals surface area contributed by atoms with Crippen LogP contribution in [0.3, 0.4) is 0 Å². The van der Waals surface area contributed by atoms with Gasteiger partial charge in [0.15, 0.2) is 5.82 Å². The molecule has 1 atom stereocenters. The molecule has 0 bridgehead atoms. The van der Waals surface area contributed by atoms with Crippen molar-refractivity contribution in [1.29, 1.82) is 0 Å². The van der Waals surface area contributed by atoms with Gasteiger partial charge in [0.2, 0.25) is 0 Å². The third-order valence-electron chi connectivity index (χ3n) is 2.90. The monoisotopic (exact) mass is 324 g/mol. The molecule has 0 N–H and O–H groups in total. The number of aryl methyl sites for hydroxylation is 1. The Morgan fingerprint density at radius 1 is 1.37 bits per heavy atom. The first-order chi connectivity index (χ1) is 9.21. The van der Waals surface area contributed by atoms with Crippen molar-refractivity contribution in [3.8, 4) is 5.75 Å². The number of hydrogen-bond acceptors (Lipinski definition) is 4. The topological polar surface area (TPSA) is 52.8 Å². The van der Waals surface area contributed by atoms with Crippen molar-refractivity contribution in [2.45, 2.75) is 12.8 Å². The number of benzene rings is 1. The zero-order valence-electron chi connectivity index (χ0n) is 11.1. The summed E-state index contributed by atoms with van der Waals surface area (Å²) in [6.07, 6.45) is 1.77. The number of aromatic nitrogens is 4. The summed E-state index contributed by atoms with van der Waals surface area (Å²) in [4.78, 5) is 1.49. The number of halogens is 1. The minimum Gasteiger partial charge on any atom is -0.497 e. The van der Waals surface area contributed by atoms with E-state index in [1.54, 1.807) is 14.2 Å². The molecular weight excluding hydrogens is 308 g/mol. The highest BCUT2D eigenvalue weighted by Gasteiger charge is 2.13. The lowest BCUT2D eigenvalue weighted by atomic mass is 9.98. The van der Waals surface area contributed by atoms with Crippen LogP contribution in [0.1, 0.15) is 11.4 Å². The number of nitrogens with zero attached hydrogens (tertiary/aromatic N) is 4. The van der Waals surface area contributed by atoms with Crippen LogP contribution in [-0.2, 0) is 19.9 Å². The minimum atomic E-state index is 0.441. The van der Waals surface area contributed by atoms with E-state index in [2.05, 4.69) is 43.5 Å². The van der Waals surface area contributed by atoms with Crippen molar-refractivity contribution in [1.82, 2.24) is 20.2 Å². The zero-order chi connectivity index (χ0) is 13.7. The number of hydrogen-bond donors (Lipinski definition) is 0. The van der Waals surface area contributed by atoms with Crippen molar-refractivity contribution < 1.29 is 4.74 Å². The Morgan fingerprint density at radius 2 is 2.21 bits per heavy atom. The largest absolute Gasteiger partial charge is 0.497 e. The van der Waals surface area contributed by atoms with Gasteiger partial charge in [0, 0.05) is 11.8 Å². The van der Waals surface area contributed by atoms with Crippen LogP contribution in [0.15, 0.2) is 24.3 Å². The van der Waals surface area contributed by atoms with Crippen molar-refractivity contribution in [3.05, 3.63) is 35.7 Å². The van der Waals surface area contributed by atoms with Crippen LogP contribution >= 0.6 is 15.9 Å². The van der Waals surface area contributed by atoms with E-state index < -0.39 is 0 Å². The van der Waals surface area contributed by atoms with Crippen LogP contribution in [0.25, 0.3) is 0 Å². The minimum absolute atomic E-state index is 0.441. The van der Waals surface area contributed by atoms with Crippen molar-refractivity contribution in [3.63, 3.8) is 0 Å². The van der Waals surface area contributed by atoms with Crippen LogP contribution in [0, 0.1) is 5.92 Å². The molecule has 2 aromatic rings. The van der Waals surface area contributed by atoms with Gasteiger partial charge >= 0.3 is 0 Å². The van der Waals surface area contributed by atoms with E-state index in [1.165, 1.54) is 10.4 Å². The number of alkyl halides is 1. The normalized spacial score (nSPS) is 12.4. The Morgan fingerprint density at radius 3 is 2.84 bits per heavy atom. The average Bonchev–Trinajstić information content (AvgIpc) is 2.83. The molecule has 102 valence electrons. The predicted molar refractivity (Wildman–Crippen MR) is 76.5 cm³/mol. The van der Waals surface area contributed by atoms with Gasteiger partial charge < -0.3 is 4.74 Å². The third-order valence-corrected chi connectivity index (χ3v) is 3.81. The first kappa shape index (κ1) is 14.0. The molecule has 0 amide bonds. The van der Waals surface area contributed by atoms with Crippen molar-refractivity contribution in [2.24, 2.45) is 13.0 Å².